The second-order valence-electron chi connectivity index (χ2n) is 5.66. The summed E-state index contributed by atoms with van der Waals surface area (Å²) in [5, 5.41) is 22.0. The fourth-order valence-electron chi connectivity index (χ4n) is 3.02. The molecule has 0 saturated carbocycles. The van der Waals surface area contributed by atoms with Gasteiger partial charge in [-0.05, 0) is 23.8 Å². The molecular weight excluding hydrogens is 342 g/mol. The molecule has 2 aromatic rings. The Morgan fingerprint density at radius 3 is 2.69 bits per heavy atom. The molecular formula is C15H9N7O4. The molecule has 0 aliphatic carbocycles. The zero-order valence-electron chi connectivity index (χ0n) is 13.0. The van der Waals surface area contributed by atoms with E-state index in [1.165, 1.54) is 18.2 Å². The van der Waals surface area contributed by atoms with Crippen LogP contribution in [0, 0.1) is 11.3 Å². The molecule has 1 unspecified atom stereocenters. The molecule has 1 fully saturated rings. The molecule has 3 heterocycles. The van der Waals surface area contributed by atoms with Crippen molar-refractivity contribution in [2.45, 2.75) is 18.9 Å². The van der Waals surface area contributed by atoms with Gasteiger partial charge in [0.25, 0.3) is 17.6 Å². The lowest BCUT2D eigenvalue weighted by Gasteiger charge is -2.27. The first kappa shape index (κ1) is 15.6. The van der Waals surface area contributed by atoms with Crippen molar-refractivity contribution in [3.8, 4) is 11.8 Å². The molecule has 1 saturated heterocycles. The smallest absolute Gasteiger partial charge is 0.274 e. The SMILES string of the molecule is N#Cc1nnn(-c2cccc3c2C(=O)N(C2CCC(=O)NC2=O)C3=O)n1. The van der Waals surface area contributed by atoms with Gasteiger partial charge in [0.05, 0.1) is 11.1 Å². The standard InChI is InChI=1S/C15H9N7O4/c16-6-10-18-20-22(19-10)8-3-1-2-7-12(8)15(26)21(14(7)25)9-4-5-11(23)17-13(9)24/h1-3,9H,4-5H2,(H,17,23,24). The number of rotatable bonds is 2. The molecule has 1 aromatic heterocycles. The Morgan fingerprint density at radius 1 is 1.19 bits per heavy atom. The third kappa shape index (κ3) is 2.16. The number of aromatic nitrogens is 4. The minimum atomic E-state index is -1.06. The second kappa shape index (κ2) is 5.55. The van der Waals surface area contributed by atoms with Crippen LogP contribution in [0.5, 0.6) is 0 Å². The van der Waals surface area contributed by atoms with Gasteiger partial charge in [0.15, 0.2) is 0 Å². The highest BCUT2D eigenvalue weighted by Crippen LogP contribution is 2.31. The summed E-state index contributed by atoms with van der Waals surface area (Å²) in [6, 6.07) is 5.14. The van der Waals surface area contributed by atoms with E-state index in [2.05, 4.69) is 20.7 Å². The van der Waals surface area contributed by atoms with Crippen molar-refractivity contribution < 1.29 is 19.2 Å². The van der Waals surface area contributed by atoms with E-state index in [-0.39, 0.29) is 35.5 Å². The lowest BCUT2D eigenvalue weighted by Crippen LogP contribution is -2.54. The number of tetrazole rings is 1. The summed E-state index contributed by atoms with van der Waals surface area (Å²) in [4.78, 5) is 50.8. The molecule has 1 N–H and O–H groups in total. The first-order valence-corrected chi connectivity index (χ1v) is 7.56. The van der Waals surface area contributed by atoms with Gasteiger partial charge in [-0.25, -0.2) is 0 Å². The van der Waals surface area contributed by atoms with Gasteiger partial charge >= 0.3 is 0 Å². The second-order valence-corrected chi connectivity index (χ2v) is 5.66. The van der Waals surface area contributed by atoms with Crippen molar-refractivity contribution in [2.75, 3.05) is 0 Å². The minimum absolute atomic E-state index is 0.0177. The molecule has 11 heteroatoms. The predicted octanol–water partition coefficient (Wildman–Crippen LogP) is -1.06. The number of fused-ring (bicyclic) bond motifs is 1. The number of hydrogen-bond donors (Lipinski definition) is 1. The number of carbonyl (C=O) groups is 4. The normalized spacial score (nSPS) is 19.3. The number of nitrogens with one attached hydrogen (secondary N) is 1. The Labute approximate surface area is 145 Å². The summed E-state index contributed by atoms with van der Waals surface area (Å²) in [5.74, 6) is -2.66. The van der Waals surface area contributed by atoms with Crippen LogP contribution in [-0.2, 0) is 9.59 Å². The maximum absolute atomic E-state index is 12.9. The van der Waals surface area contributed by atoms with Gasteiger partial charge in [-0.1, -0.05) is 11.2 Å². The molecule has 26 heavy (non-hydrogen) atoms. The number of benzene rings is 1. The van der Waals surface area contributed by atoms with E-state index in [1.807, 2.05) is 0 Å². The molecule has 2 aliphatic heterocycles. The molecule has 0 bridgehead atoms. The van der Waals surface area contributed by atoms with E-state index >= 15 is 0 Å². The Kier molecular flexibility index (Phi) is 3.33. The van der Waals surface area contributed by atoms with Gasteiger partial charge in [-0.2, -0.15) is 5.26 Å². The van der Waals surface area contributed by atoms with Gasteiger partial charge in [0.1, 0.15) is 17.8 Å². The molecule has 1 atom stereocenters. The maximum Gasteiger partial charge on any atom is 0.274 e. The Hall–Kier alpha value is -3.94. The van der Waals surface area contributed by atoms with E-state index in [1.54, 1.807) is 6.07 Å². The van der Waals surface area contributed by atoms with Crippen LogP contribution in [0.3, 0.4) is 0 Å². The first-order chi connectivity index (χ1) is 12.5. The van der Waals surface area contributed by atoms with Crippen LogP contribution in [0.15, 0.2) is 18.2 Å². The number of hydrogen-bond acceptors (Lipinski definition) is 8. The molecule has 0 spiro atoms. The van der Waals surface area contributed by atoms with Crippen LogP contribution in [0.25, 0.3) is 5.69 Å². The van der Waals surface area contributed by atoms with E-state index in [0.29, 0.717) is 0 Å². The van der Waals surface area contributed by atoms with E-state index < -0.39 is 29.7 Å². The Bertz CT molecular complexity index is 1030. The van der Waals surface area contributed by atoms with Crippen molar-refractivity contribution in [2.24, 2.45) is 0 Å². The van der Waals surface area contributed by atoms with Crippen molar-refractivity contribution in [1.29, 1.82) is 5.26 Å². The lowest BCUT2D eigenvalue weighted by molar-refractivity contribution is -0.136. The van der Waals surface area contributed by atoms with Gasteiger partial charge in [-0.3, -0.25) is 29.4 Å². The van der Waals surface area contributed by atoms with Crippen LogP contribution >= 0.6 is 0 Å². The summed E-state index contributed by atoms with van der Waals surface area (Å²) in [6.07, 6.45) is 0.0957. The summed E-state index contributed by atoms with van der Waals surface area (Å²) >= 11 is 0. The van der Waals surface area contributed by atoms with Gasteiger partial charge < -0.3 is 0 Å². The maximum atomic E-state index is 12.9. The molecule has 4 amide bonds. The highest BCUT2D eigenvalue weighted by molar-refractivity contribution is 6.24. The third-order valence-electron chi connectivity index (χ3n) is 4.18. The summed E-state index contributed by atoms with van der Waals surface area (Å²) in [6.45, 7) is 0. The largest absolute Gasteiger partial charge is 0.295 e. The van der Waals surface area contributed by atoms with Gasteiger partial charge in [0.2, 0.25) is 11.8 Å². The number of carbonyl (C=O) groups excluding carboxylic acids is 4. The van der Waals surface area contributed by atoms with Crippen molar-refractivity contribution in [3.63, 3.8) is 0 Å². The van der Waals surface area contributed by atoms with Crippen molar-refractivity contribution >= 4 is 23.6 Å². The number of piperidine rings is 1. The lowest BCUT2D eigenvalue weighted by atomic mass is 10.0. The molecule has 128 valence electrons. The zero-order chi connectivity index (χ0) is 18.4. The first-order valence-electron chi connectivity index (χ1n) is 7.56. The van der Waals surface area contributed by atoms with E-state index in [4.69, 9.17) is 5.26 Å². The minimum Gasteiger partial charge on any atom is -0.295 e. The molecule has 11 nitrogen and oxygen atoms in total. The van der Waals surface area contributed by atoms with Crippen molar-refractivity contribution in [3.05, 3.63) is 35.2 Å². The average Bonchev–Trinajstić information content (AvgIpc) is 3.20. The summed E-state index contributed by atoms with van der Waals surface area (Å²) < 4.78 is 0. The van der Waals surface area contributed by atoms with Crippen LogP contribution in [-0.4, -0.2) is 54.8 Å². The highest BCUT2D eigenvalue weighted by Gasteiger charge is 2.46. The summed E-state index contributed by atoms with van der Waals surface area (Å²) in [5.41, 5.74) is 0.279. The van der Waals surface area contributed by atoms with Gasteiger partial charge in [-0.15, -0.1) is 9.90 Å². The average molecular weight is 351 g/mol. The summed E-state index contributed by atoms with van der Waals surface area (Å²) in [7, 11) is 0. The van der Waals surface area contributed by atoms with Crippen molar-refractivity contribution in [1.82, 2.24) is 30.4 Å². The number of nitriles is 1. The fraction of sp³-hybridized carbons (Fsp3) is 0.200. The van der Waals surface area contributed by atoms with Crippen LogP contribution in [0.2, 0.25) is 0 Å². The number of amides is 4. The molecule has 0 radical (unpaired) electrons. The molecule has 1 aromatic carbocycles. The van der Waals surface area contributed by atoms with Crippen LogP contribution < -0.4 is 5.32 Å². The molecule has 2 aliphatic rings. The Morgan fingerprint density at radius 2 is 2.00 bits per heavy atom. The zero-order valence-corrected chi connectivity index (χ0v) is 13.0. The van der Waals surface area contributed by atoms with E-state index in [9.17, 15) is 19.2 Å². The highest BCUT2D eigenvalue weighted by atomic mass is 16.2. The van der Waals surface area contributed by atoms with Gasteiger partial charge in [0, 0.05) is 6.42 Å². The van der Waals surface area contributed by atoms with E-state index in [0.717, 1.165) is 9.70 Å². The monoisotopic (exact) mass is 351 g/mol. The fourth-order valence-corrected chi connectivity index (χ4v) is 3.02. The molecule has 4 rings (SSSR count). The van der Waals surface area contributed by atoms with Crippen LogP contribution in [0.1, 0.15) is 39.4 Å². The topological polar surface area (TPSA) is 151 Å². The predicted molar refractivity (Wildman–Crippen MR) is 80.5 cm³/mol. The quantitative estimate of drug-likeness (QED) is 0.672. The number of imide groups is 2. The Balaban J connectivity index is 1.77. The van der Waals surface area contributed by atoms with Crippen LogP contribution in [0.4, 0.5) is 0 Å². The third-order valence-corrected chi connectivity index (χ3v) is 4.18. The number of nitrogens with zero attached hydrogens (tertiary/aromatic N) is 6.